The molecule has 0 bridgehead atoms. The van der Waals surface area contributed by atoms with Crippen LogP contribution in [0.5, 0.6) is 17.2 Å². The molecule has 0 aromatic heterocycles. The average Bonchev–Trinajstić information content (AvgIpc) is 3.11. The minimum absolute atomic E-state index is 0.00895. The summed E-state index contributed by atoms with van der Waals surface area (Å²) in [6.07, 6.45) is 0.833. The van der Waals surface area contributed by atoms with Gasteiger partial charge in [-0.3, -0.25) is 4.99 Å². The van der Waals surface area contributed by atoms with Crippen LogP contribution in [-0.4, -0.2) is 39.4 Å². The van der Waals surface area contributed by atoms with Gasteiger partial charge in [0.25, 0.3) is 0 Å². The number of benzene rings is 2. The molecule has 0 fully saturated rings. The van der Waals surface area contributed by atoms with E-state index in [1.807, 2.05) is 18.2 Å². The maximum Gasteiger partial charge on any atom is 0.387 e. The first-order valence-electron chi connectivity index (χ1n) is 8.90. The topological polar surface area (TPSA) is 64.1 Å². The quantitative estimate of drug-likeness (QED) is 0.561. The molecule has 2 aromatic carbocycles. The Kier molecular flexibility index (Phi) is 6.52. The van der Waals surface area contributed by atoms with E-state index < -0.39 is 6.61 Å². The van der Waals surface area contributed by atoms with E-state index in [4.69, 9.17) is 9.47 Å². The van der Waals surface area contributed by atoms with Crippen LogP contribution in [0.1, 0.15) is 11.1 Å². The zero-order chi connectivity index (χ0) is 19.9. The van der Waals surface area contributed by atoms with Crippen LogP contribution in [0.2, 0.25) is 0 Å². The number of ether oxygens (including phenoxy) is 3. The van der Waals surface area contributed by atoms with Crippen molar-refractivity contribution in [3.8, 4) is 17.2 Å². The smallest absolute Gasteiger partial charge is 0.387 e. The third kappa shape index (κ3) is 5.03. The second-order valence-electron chi connectivity index (χ2n) is 6.21. The molecule has 1 aliphatic rings. The molecule has 1 heterocycles. The molecule has 28 heavy (non-hydrogen) atoms. The Balaban J connectivity index is 1.54. The van der Waals surface area contributed by atoms with Gasteiger partial charge in [0.15, 0.2) is 5.96 Å². The molecule has 150 valence electrons. The molecule has 0 saturated heterocycles. The molecular weight excluding hydrogens is 368 g/mol. The van der Waals surface area contributed by atoms with Crippen LogP contribution in [0.3, 0.4) is 0 Å². The number of para-hydroxylation sites is 1. The minimum Gasteiger partial charge on any atom is -0.497 e. The summed E-state index contributed by atoms with van der Waals surface area (Å²) in [6, 6.07) is 12.7. The van der Waals surface area contributed by atoms with E-state index in [1.165, 1.54) is 18.7 Å². The molecule has 1 atom stereocenters. The highest BCUT2D eigenvalue weighted by molar-refractivity contribution is 5.79. The lowest BCUT2D eigenvalue weighted by Crippen LogP contribution is -2.42. The molecule has 0 amide bonds. The summed E-state index contributed by atoms with van der Waals surface area (Å²) >= 11 is 0. The molecule has 0 spiro atoms. The number of halogens is 2. The zero-order valence-corrected chi connectivity index (χ0v) is 15.7. The van der Waals surface area contributed by atoms with Crippen molar-refractivity contribution in [2.75, 3.05) is 20.7 Å². The predicted octanol–water partition coefficient (Wildman–Crippen LogP) is 2.97. The Hall–Kier alpha value is -3.03. The lowest BCUT2D eigenvalue weighted by molar-refractivity contribution is -0.0505. The van der Waals surface area contributed by atoms with Crippen LogP contribution in [0.4, 0.5) is 8.78 Å². The van der Waals surface area contributed by atoms with E-state index in [0.717, 1.165) is 12.2 Å². The molecule has 1 aliphatic heterocycles. The van der Waals surface area contributed by atoms with Gasteiger partial charge in [-0.25, -0.2) is 0 Å². The Morgan fingerprint density at radius 3 is 2.79 bits per heavy atom. The summed E-state index contributed by atoms with van der Waals surface area (Å²) in [5.74, 6) is 1.95. The first-order chi connectivity index (χ1) is 13.6. The van der Waals surface area contributed by atoms with Crippen LogP contribution >= 0.6 is 0 Å². The van der Waals surface area contributed by atoms with Crippen LogP contribution < -0.4 is 24.8 Å². The van der Waals surface area contributed by atoms with Crippen molar-refractivity contribution in [1.29, 1.82) is 0 Å². The third-order valence-corrected chi connectivity index (χ3v) is 4.37. The van der Waals surface area contributed by atoms with Gasteiger partial charge < -0.3 is 24.8 Å². The summed E-state index contributed by atoms with van der Waals surface area (Å²) in [7, 11) is 3.11. The predicted molar refractivity (Wildman–Crippen MR) is 102 cm³/mol. The molecule has 2 N–H and O–H groups in total. The number of alkyl halides is 2. The van der Waals surface area contributed by atoms with Crippen molar-refractivity contribution in [2.24, 2.45) is 4.99 Å². The van der Waals surface area contributed by atoms with Gasteiger partial charge in [0, 0.05) is 31.6 Å². The van der Waals surface area contributed by atoms with Gasteiger partial charge in [-0.05, 0) is 23.8 Å². The number of aliphatic imine (C=N–C) groups is 1. The summed E-state index contributed by atoms with van der Waals surface area (Å²) in [4.78, 5) is 4.16. The van der Waals surface area contributed by atoms with Gasteiger partial charge in [0.1, 0.15) is 23.4 Å². The number of methoxy groups -OCH3 is 1. The first-order valence-corrected chi connectivity index (χ1v) is 8.90. The van der Waals surface area contributed by atoms with Gasteiger partial charge >= 0.3 is 6.61 Å². The fraction of sp³-hybridized carbons (Fsp3) is 0.350. The van der Waals surface area contributed by atoms with Gasteiger partial charge in [-0.15, -0.1) is 0 Å². The summed E-state index contributed by atoms with van der Waals surface area (Å²) in [5, 5.41) is 6.30. The number of hydrogen-bond donors (Lipinski definition) is 2. The summed E-state index contributed by atoms with van der Waals surface area (Å²) in [6.45, 7) is -2.08. The van der Waals surface area contributed by atoms with Gasteiger partial charge in [-0.1, -0.05) is 18.2 Å². The monoisotopic (exact) mass is 391 g/mol. The highest BCUT2D eigenvalue weighted by Gasteiger charge is 2.22. The van der Waals surface area contributed by atoms with Crippen LogP contribution in [0.25, 0.3) is 0 Å². The molecular formula is C20H23F2N3O3. The SMILES string of the molecule is CN=C(NCc1ccc(OC)cc1OC(F)F)NCC1Cc2ccccc2O1. The third-order valence-electron chi connectivity index (χ3n) is 4.37. The molecule has 0 aliphatic carbocycles. The van der Waals surface area contributed by atoms with Crippen molar-refractivity contribution in [3.63, 3.8) is 0 Å². The fourth-order valence-electron chi connectivity index (χ4n) is 2.99. The molecule has 6 nitrogen and oxygen atoms in total. The van der Waals surface area contributed by atoms with Crippen molar-refractivity contribution in [1.82, 2.24) is 10.6 Å². The van der Waals surface area contributed by atoms with Crippen LogP contribution in [0.15, 0.2) is 47.5 Å². The molecule has 3 rings (SSSR count). The number of guanidine groups is 1. The Morgan fingerprint density at radius 1 is 1.25 bits per heavy atom. The van der Waals surface area contributed by atoms with Gasteiger partial charge in [0.05, 0.1) is 13.7 Å². The Labute approximate surface area is 162 Å². The number of nitrogens with one attached hydrogen (secondary N) is 2. The lowest BCUT2D eigenvalue weighted by atomic mass is 10.1. The molecule has 0 radical (unpaired) electrons. The van der Waals surface area contributed by atoms with E-state index in [1.54, 1.807) is 19.2 Å². The van der Waals surface area contributed by atoms with Crippen molar-refractivity contribution >= 4 is 5.96 Å². The van der Waals surface area contributed by atoms with E-state index in [9.17, 15) is 8.78 Å². The van der Waals surface area contributed by atoms with Crippen molar-refractivity contribution in [3.05, 3.63) is 53.6 Å². The number of nitrogens with zero attached hydrogens (tertiary/aromatic N) is 1. The number of rotatable bonds is 7. The fourth-order valence-corrected chi connectivity index (χ4v) is 2.99. The lowest BCUT2D eigenvalue weighted by Gasteiger charge is -2.17. The van der Waals surface area contributed by atoms with Crippen molar-refractivity contribution < 1.29 is 23.0 Å². The molecule has 0 saturated carbocycles. The largest absolute Gasteiger partial charge is 0.497 e. The molecule has 8 heteroatoms. The number of hydrogen-bond acceptors (Lipinski definition) is 4. The van der Waals surface area contributed by atoms with E-state index in [-0.39, 0.29) is 18.4 Å². The second-order valence-corrected chi connectivity index (χ2v) is 6.21. The van der Waals surface area contributed by atoms with Crippen LogP contribution in [-0.2, 0) is 13.0 Å². The van der Waals surface area contributed by atoms with Gasteiger partial charge in [0.2, 0.25) is 0 Å². The highest BCUT2D eigenvalue weighted by Crippen LogP contribution is 2.28. The minimum atomic E-state index is -2.91. The Morgan fingerprint density at radius 2 is 2.07 bits per heavy atom. The summed E-state index contributed by atoms with van der Waals surface area (Å²) < 4.78 is 40.9. The van der Waals surface area contributed by atoms with Gasteiger partial charge in [-0.2, -0.15) is 8.78 Å². The summed E-state index contributed by atoms with van der Waals surface area (Å²) in [5.41, 5.74) is 1.75. The van der Waals surface area contributed by atoms with Crippen molar-refractivity contribution in [2.45, 2.75) is 25.7 Å². The van der Waals surface area contributed by atoms with E-state index in [0.29, 0.717) is 23.8 Å². The molecule has 2 aromatic rings. The maximum atomic E-state index is 12.7. The molecule has 1 unspecified atom stereocenters. The normalized spacial score (nSPS) is 15.8. The second kappa shape index (κ2) is 9.25. The van der Waals surface area contributed by atoms with E-state index >= 15 is 0 Å². The maximum absolute atomic E-state index is 12.7. The van der Waals surface area contributed by atoms with Crippen LogP contribution in [0, 0.1) is 0 Å². The van der Waals surface area contributed by atoms with E-state index in [2.05, 4.69) is 26.4 Å². The highest BCUT2D eigenvalue weighted by atomic mass is 19.3. The first kappa shape index (κ1) is 19.7. The average molecular weight is 391 g/mol. The zero-order valence-electron chi connectivity index (χ0n) is 15.7. The standard InChI is InChI=1S/C20H23F2N3O3/c1-23-20(25-12-16-9-13-5-3-4-6-17(13)27-16)24-11-14-7-8-15(26-2)10-18(14)28-19(21)22/h3-8,10,16,19H,9,11-12H2,1-2H3,(H2,23,24,25). The number of fused-ring (bicyclic) bond motifs is 1. The Bertz CT molecular complexity index is 805.